The van der Waals surface area contributed by atoms with E-state index in [0.29, 0.717) is 17.9 Å². The van der Waals surface area contributed by atoms with Gasteiger partial charge in [0, 0.05) is 11.9 Å². The fourth-order valence-corrected chi connectivity index (χ4v) is 1.84. The van der Waals surface area contributed by atoms with Crippen LogP contribution in [0.2, 0.25) is 0 Å². The van der Waals surface area contributed by atoms with Gasteiger partial charge in [-0.1, -0.05) is 11.2 Å². The molecule has 0 atom stereocenters. The summed E-state index contributed by atoms with van der Waals surface area (Å²) in [6, 6.07) is 7.48. The number of benzene rings is 1. The zero-order valence-corrected chi connectivity index (χ0v) is 10.9. The monoisotopic (exact) mass is 260 g/mol. The first kappa shape index (κ1) is 12.9. The summed E-state index contributed by atoms with van der Waals surface area (Å²) in [4.78, 5) is 0. The highest BCUT2D eigenvalue weighted by Gasteiger charge is 2.09. The average molecular weight is 260 g/mol. The molecular formula is C13H16N4O2. The van der Waals surface area contributed by atoms with E-state index < -0.39 is 0 Å². The van der Waals surface area contributed by atoms with Crippen LogP contribution >= 0.6 is 0 Å². The number of amidine groups is 1. The summed E-state index contributed by atoms with van der Waals surface area (Å²) in [5.74, 6) is 0.590. The van der Waals surface area contributed by atoms with Crippen LogP contribution < -0.4 is 10.5 Å². The average Bonchev–Trinajstić information content (AvgIpc) is 2.83. The summed E-state index contributed by atoms with van der Waals surface area (Å²) in [5.41, 5.74) is 8.27. The van der Waals surface area contributed by atoms with E-state index in [1.54, 1.807) is 19.4 Å². The predicted octanol–water partition coefficient (Wildman–Crippen LogP) is 1.34. The van der Waals surface area contributed by atoms with Crippen molar-refractivity contribution in [2.24, 2.45) is 10.9 Å². The molecular weight excluding hydrogens is 244 g/mol. The number of ether oxygens (including phenoxy) is 1. The first-order chi connectivity index (χ1) is 9.15. The molecule has 0 aliphatic rings. The number of hydrogen-bond acceptors (Lipinski definition) is 4. The van der Waals surface area contributed by atoms with Gasteiger partial charge in [0.05, 0.1) is 19.2 Å². The van der Waals surface area contributed by atoms with Crippen molar-refractivity contribution in [2.45, 2.75) is 13.5 Å². The molecule has 0 bridgehead atoms. The number of oxime groups is 1. The molecule has 0 aliphatic heterocycles. The van der Waals surface area contributed by atoms with Crippen molar-refractivity contribution >= 4 is 5.84 Å². The Hall–Kier alpha value is -2.50. The van der Waals surface area contributed by atoms with Gasteiger partial charge in [-0.3, -0.25) is 4.68 Å². The number of aryl methyl sites for hydroxylation is 1. The molecule has 100 valence electrons. The smallest absolute Gasteiger partial charge is 0.173 e. The van der Waals surface area contributed by atoms with Gasteiger partial charge in [-0.25, -0.2) is 0 Å². The molecule has 6 heteroatoms. The fourth-order valence-electron chi connectivity index (χ4n) is 1.84. The van der Waals surface area contributed by atoms with Gasteiger partial charge in [-0.15, -0.1) is 0 Å². The zero-order chi connectivity index (χ0) is 13.8. The third-order valence-corrected chi connectivity index (χ3v) is 2.91. The lowest BCUT2D eigenvalue weighted by Crippen LogP contribution is -2.15. The second kappa shape index (κ2) is 5.43. The molecule has 0 fully saturated rings. The Morgan fingerprint density at radius 3 is 2.84 bits per heavy atom. The van der Waals surface area contributed by atoms with E-state index >= 15 is 0 Å². The van der Waals surface area contributed by atoms with Gasteiger partial charge in [0.2, 0.25) is 0 Å². The topological polar surface area (TPSA) is 85.7 Å². The lowest BCUT2D eigenvalue weighted by molar-refractivity contribution is 0.318. The first-order valence-electron chi connectivity index (χ1n) is 5.79. The third kappa shape index (κ3) is 2.67. The van der Waals surface area contributed by atoms with Crippen molar-refractivity contribution in [1.82, 2.24) is 9.78 Å². The second-order valence-electron chi connectivity index (χ2n) is 4.15. The Kier molecular flexibility index (Phi) is 3.70. The van der Waals surface area contributed by atoms with Crippen molar-refractivity contribution in [3.8, 4) is 5.75 Å². The molecule has 2 rings (SSSR count). The van der Waals surface area contributed by atoms with Crippen LogP contribution in [0.3, 0.4) is 0 Å². The van der Waals surface area contributed by atoms with Gasteiger partial charge in [0.25, 0.3) is 0 Å². The maximum Gasteiger partial charge on any atom is 0.173 e. The first-order valence-corrected chi connectivity index (χ1v) is 5.79. The van der Waals surface area contributed by atoms with Crippen molar-refractivity contribution in [3.05, 3.63) is 47.3 Å². The van der Waals surface area contributed by atoms with Crippen LogP contribution in [0.1, 0.15) is 16.8 Å². The largest absolute Gasteiger partial charge is 0.496 e. The summed E-state index contributed by atoms with van der Waals surface area (Å²) in [7, 11) is 1.54. The minimum absolute atomic E-state index is 0.0240. The maximum absolute atomic E-state index is 8.79. The van der Waals surface area contributed by atoms with Gasteiger partial charge < -0.3 is 15.7 Å². The molecule has 0 aliphatic carbocycles. The van der Waals surface area contributed by atoms with E-state index in [9.17, 15) is 0 Å². The minimum Gasteiger partial charge on any atom is -0.496 e. The van der Waals surface area contributed by atoms with Crippen molar-refractivity contribution in [1.29, 1.82) is 0 Å². The van der Waals surface area contributed by atoms with Crippen LogP contribution in [0.25, 0.3) is 0 Å². The summed E-state index contributed by atoms with van der Waals surface area (Å²) in [6.45, 7) is 2.61. The molecule has 0 radical (unpaired) electrons. The molecule has 6 nitrogen and oxygen atoms in total. The van der Waals surface area contributed by atoms with Gasteiger partial charge in [0.1, 0.15) is 5.75 Å². The Morgan fingerprint density at radius 1 is 1.47 bits per heavy atom. The van der Waals surface area contributed by atoms with Crippen molar-refractivity contribution < 1.29 is 9.94 Å². The van der Waals surface area contributed by atoms with E-state index in [2.05, 4.69) is 10.3 Å². The Balaban J connectivity index is 2.35. The summed E-state index contributed by atoms with van der Waals surface area (Å²) >= 11 is 0. The van der Waals surface area contributed by atoms with Crippen LogP contribution in [-0.4, -0.2) is 27.9 Å². The van der Waals surface area contributed by atoms with Crippen LogP contribution in [-0.2, 0) is 6.54 Å². The SMILES string of the molecule is COc1ccc(Cn2nccc2C)cc1C(N)=NO. The third-order valence-electron chi connectivity index (χ3n) is 2.91. The van der Waals surface area contributed by atoms with E-state index in [0.717, 1.165) is 11.3 Å². The van der Waals surface area contributed by atoms with Gasteiger partial charge in [-0.2, -0.15) is 5.10 Å². The number of methoxy groups -OCH3 is 1. The van der Waals surface area contributed by atoms with E-state index in [1.807, 2.05) is 29.8 Å². The summed E-state index contributed by atoms with van der Waals surface area (Å²) < 4.78 is 7.06. The van der Waals surface area contributed by atoms with Crippen molar-refractivity contribution in [2.75, 3.05) is 7.11 Å². The van der Waals surface area contributed by atoms with Crippen molar-refractivity contribution in [3.63, 3.8) is 0 Å². The number of nitrogens with zero attached hydrogens (tertiary/aromatic N) is 3. The lowest BCUT2D eigenvalue weighted by Gasteiger charge is -2.10. The molecule has 1 aromatic heterocycles. The molecule has 3 N–H and O–H groups in total. The standard InChI is InChI=1S/C13H16N4O2/c1-9-5-6-15-17(9)8-10-3-4-12(19-2)11(7-10)13(14)16-18/h3-7,18H,8H2,1-2H3,(H2,14,16). The molecule has 19 heavy (non-hydrogen) atoms. The number of nitrogens with two attached hydrogens (primary N) is 1. The molecule has 0 amide bonds. The van der Waals surface area contributed by atoms with E-state index in [-0.39, 0.29) is 5.84 Å². The molecule has 0 saturated carbocycles. The van der Waals surface area contributed by atoms with Gasteiger partial charge >= 0.3 is 0 Å². The normalized spacial score (nSPS) is 11.6. The molecule has 1 heterocycles. The fraction of sp³-hybridized carbons (Fsp3) is 0.231. The summed E-state index contributed by atoms with van der Waals surface area (Å²) in [6.07, 6.45) is 1.75. The molecule has 1 aromatic carbocycles. The Bertz CT molecular complexity index is 604. The van der Waals surface area contributed by atoms with Gasteiger partial charge in [0.15, 0.2) is 5.84 Å². The molecule has 0 unspecified atom stereocenters. The highest BCUT2D eigenvalue weighted by atomic mass is 16.5. The zero-order valence-electron chi connectivity index (χ0n) is 10.9. The second-order valence-corrected chi connectivity index (χ2v) is 4.15. The number of hydrogen-bond donors (Lipinski definition) is 2. The van der Waals surface area contributed by atoms with Crippen LogP contribution in [0.15, 0.2) is 35.6 Å². The van der Waals surface area contributed by atoms with Crippen LogP contribution in [0.4, 0.5) is 0 Å². The highest BCUT2D eigenvalue weighted by molar-refractivity contribution is 5.99. The number of aromatic nitrogens is 2. The highest BCUT2D eigenvalue weighted by Crippen LogP contribution is 2.20. The molecule has 0 saturated heterocycles. The van der Waals surface area contributed by atoms with Crippen LogP contribution in [0.5, 0.6) is 5.75 Å². The summed E-state index contributed by atoms with van der Waals surface area (Å²) in [5, 5.41) is 16.0. The van der Waals surface area contributed by atoms with E-state index in [1.165, 1.54) is 0 Å². The Morgan fingerprint density at radius 2 is 2.26 bits per heavy atom. The quantitative estimate of drug-likeness (QED) is 0.376. The predicted molar refractivity (Wildman–Crippen MR) is 71.6 cm³/mol. The minimum atomic E-state index is 0.0240. The maximum atomic E-state index is 8.79. The molecule has 0 spiro atoms. The van der Waals surface area contributed by atoms with E-state index in [4.69, 9.17) is 15.7 Å². The van der Waals surface area contributed by atoms with Crippen LogP contribution in [0, 0.1) is 6.92 Å². The Labute approximate surface area is 111 Å². The molecule has 2 aromatic rings. The number of rotatable bonds is 4. The lowest BCUT2D eigenvalue weighted by atomic mass is 10.1. The van der Waals surface area contributed by atoms with Gasteiger partial charge in [-0.05, 0) is 30.7 Å².